The molecule has 0 saturated heterocycles. The van der Waals surface area contributed by atoms with Crippen LogP contribution < -0.4 is 5.56 Å². The molecule has 2 heterocycles. The molecule has 0 fully saturated rings. The Morgan fingerprint density at radius 1 is 1.00 bits per heavy atom. The fraction of sp³-hybridized carbons (Fsp3) is 0.448. The van der Waals surface area contributed by atoms with Gasteiger partial charge in [0.15, 0.2) is 5.82 Å². The monoisotopic (exact) mass is 486 g/mol. The molecule has 7 heteroatoms. The first-order valence-corrected chi connectivity index (χ1v) is 12.8. The third-order valence-electron chi connectivity index (χ3n) is 7.33. The minimum Gasteiger partial charge on any atom is -0.322 e. The highest BCUT2D eigenvalue weighted by atomic mass is 16.1. The predicted molar refractivity (Wildman–Crippen MR) is 145 cm³/mol. The van der Waals surface area contributed by atoms with E-state index in [1.54, 1.807) is 0 Å². The summed E-state index contributed by atoms with van der Waals surface area (Å²) in [5.74, 6) is 0.834. The highest BCUT2D eigenvalue weighted by molar-refractivity contribution is 5.83. The summed E-state index contributed by atoms with van der Waals surface area (Å²) >= 11 is 0. The van der Waals surface area contributed by atoms with E-state index >= 15 is 0 Å². The first-order valence-electron chi connectivity index (χ1n) is 12.8. The fourth-order valence-corrected chi connectivity index (χ4v) is 4.84. The number of hydrogen-bond donors (Lipinski definition) is 1. The van der Waals surface area contributed by atoms with Crippen LogP contribution in [0.4, 0.5) is 0 Å². The van der Waals surface area contributed by atoms with Gasteiger partial charge < -0.3 is 4.98 Å². The Morgan fingerprint density at radius 3 is 2.39 bits per heavy atom. The Labute approximate surface area is 213 Å². The lowest BCUT2D eigenvalue weighted by molar-refractivity contribution is 0.150. The average molecular weight is 487 g/mol. The van der Waals surface area contributed by atoms with Crippen LogP contribution in [0.3, 0.4) is 0 Å². The van der Waals surface area contributed by atoms with Crippen molar-refractivity contribution in [2.75, 3.05) is 0 Å². The van der Waals surface area contributed by atoms with Gasteiger partial charge in [-0.05, 0) is 86.7 Å². The Balaban J connectivity index is 1.79. The van der Waals surface area contributed by atoms with E-state index in [4.69, 9.17) is 0 Å². The summed E-state index contributed by atoms with van der Waals surface area (Å²) in [6, 6.07) is 14.8. The van der Waals surface area contributed by atoms with Gasteiger partial charge >= 0.3 is 0 Å². The van der Waals surface area contributed by atoms with Gasteiger partial charge in [-0.1, -0.05) is 49.7 Å². The van der Waals surface area contributed by atoms with Gasteiger partial charge in [0.25, 0.3) is 5.56 Å². The van der Waals surface area contributed by atoms with Crippen LogP contribution in [-0.2, 0) is 18.6 Å². The van der Waals surface area contributed by atoms with Crippen molar-refractivity contribution in [2.24, 2.45) is 0 Å². The van der Waals surface area contributed by atoms with Crippen molar-refractivity contribution in [3.8, 4) is 0 Å². The van der Waals surface area contributed by atoms with Gasteiger partial charge in [0.2, 0.25) is 0 Å². The number of fused-ring (bicyclic) bond motifs is 1. The summed E-state index contributed by atoms with van der Waals surface area (Å²) in [6.07, 6.45) is 1.72. The van der Waals surface area contributed by atoms with Crippen molar-refractivity contribution in [3.05, 3.63) is 86.5 Å². The number of nitrogens with zero attached hydrogens (tertiary/aromatic N) is 5. The topological polar surface area (TPSA) is 79.7 Å². The largest absolute Gasteiger partial charge is 0.322 e. The molecule has 2 aromatic heterocycles. The first-order chi connectivity index (χ1) is 17.1. The van der Waals surface area contributed by atoms with Crippen molar-refractivity contribution in [1.82, 2.24) is 30.1 Å². The van der Waals surface area contributed by atoms with Crippen LogP contribution in [0.1, 0.15) is 80.2 Å². The number of aromatic nitrogens is 5. The third kappa shape index (κ3) is 5.26. The second-order valence-electron chi connectivity index (χ2n) is 10.6. The van der Waals surface area contributed by atoms with E-state index < -0.39 is 0 Å². The second kappa shape index (κ2) is 10.3. The molecule has 1 atom stereocenters. The quantitative estimate of drug-likeness (QED) is 0.326. The number of aryl methyl sites for hydroxylation is 3. The number of hydrogen-bond acceptors (Lipinski definition) is 5. The molecular formula is C29H38N6O. The highest BCUT2D eigenvalue weighted by Crippen LogP contribution is 2.30. The van der Waals surface area contributed by atoms with E-state index in [0.29, 0.717) is 13.1 Å². The summed E-state index contributed by atoms with van der Waals surface area (Å²) in [6.45, 7) is 16.0. The van der Waals surface area contributed by atoms with E-state index in [0.717, 1.165) is 46.3 Å². The Kier molecular flexibility index (Phi) is 7.41. The van der Waals surface area contributed by atoms with Crippen LogP contribution in [0.15, 0.2) is 47.3 Å². The Morgan fingerprint density at radius 2 is 1.72 bits per heavy atom. The Hall–Kier alpha value is -3.32. The molecule has 7 nitrogen and oxygen atoms in total. The van der Waals surface area contributed by atoms with Gasteiger partial charge in [-0.25, -0.2) is 4.68 Å². The molecule has 0 unspecified atom stereocenters. The SMILES string of the molecule is CC[C@@H](c1nnnn1C(C)(C)CC)N(Cc1ccc(C)cc1)Cc1cc2c(C)cc(C)cc2[nH]c1=O. The number of H-pyrrole nitrogens is 1. The Bertz CT molecular complexity index is 1400. The zero-order chi connectivity index (χ0) is 26.0. The standard InChI is InChI=1S/C29H38N6O/c1-8-26(27-31-32-33-35(27)29(6,7)9-2)34(17-22-12-10-19(3)11-13-22)18-23-16-24-21(5)14-20(4)15-25(24)30-28(23)36/h10-16,26H,8-9,17-18H2,1-7H3,(H,30,36)/t26-/m0/s1. The molecule has 2 aromatic carbocycles. The average Bonchev–Trinajstić information content (AvgIpc) is 3.32. The maximum absolute atomic E-state index is 13.2. The molecule has 4 rings (SSSR count). The summed E-state index contributed by atoms with van der Waals surface area (Å²) in [5.41, 5.74) is 6.08. The van der Waals surface area contributed by atoms with Gasteiger partial charge in [0.1, 0.15) is 0 Å². The van der Waals surface area contributed by atoms with Crippen LogP contribution in [0, 0.1) is 20.8 Å². The first kappa shape index (κ1) is 25.8. The number of tetrazole rings is 1. The van der Waals surface area contributed by atoms with Crippen molar-refractivity contribution in [2.45, 2.75) is 86.0 Å². The molecule has 4 aromatic rings. The van der Waals surface area contributed by atoms with Gasteiger partial charge in [-0.2, -0.15) is 0 Å². The van der Waals surface area contributed by atoms with Crippen molar-refractivity contribution in [1.29, 1.82) is 0 Å². The van der Waals surface area contributed by atoms with Crippen LogP contribution in [0.5, 0.6) is 0 Å². The summed E-state index contributed by atoms with van der Waals surface area (Å²) < 4.78 is 1.96. The van der Waals surface area contributed by atoms with Crippen molar-refractivity contribution >= 4 is 10.9 Å². The van der Waals surface area contributed by atoms with E-state index in [1.807, 2.05) is 10.7 Å². The van der Waals surface area contributed by atoms with Crippen LogP contribution in [0.2, 0.25) is 0 Å². The predicted octanol–water partition coefficient (Wildman–Crippen LogP) is 5.74. The summed E-state index contributed by atoms with van der Waals surface area (Å²) in [4.78, 5) is 18.7. The molecule has 0 aliphatic rings. The molecule has 0 spiro atoms. The molecule has 0 radical (unpaired) electrons. The normalized spacial score (nSPS) is 13.0. The zero-order valence-corrected chi connectivity index (χ0v) is 22.6. The van der Waals surface area contributed by atoms with Crippen LogP contribution >= 0.6 is 0 Å². The molecule has 36 heavy (non-hydrogen) atoms. The van der Waals surface area contributed by atoms with E-state index in [-0.39, 0.29) is 17.1 Å². The molecule has 0 aliphatic heterocycles. The minimum atomic E-state index is -0.211. The van der Waals surface area contributed by atoms with Crippen LogP contribution in [0.25, 0.3) is 10.9 Å². The highest BCUT2D eigenvalue weighted by Gasteiger charge is 2.31. The molecule has 0 bridgehead atoms. The number of benzene rings is 2. The number of pyridine rings is 1. The summed E-state index contributed by atoms with van der Waals surface area (Å²) in [7, 11) is 0. The molecule has 0 aliphatic carbocycles. The van der Waals surface area contributed by atoms with Crippen molar-refractivity contribution in [3.63, 3.8) is 0 Å². The molecule has 190 valence electrons. The molecular weight excluding hydrogens is 448 g/mol. The van der Waals surface area contributed by atoms with Gasteiger partial charge in [-0.15, -0.1) is 5.10 Å². The number of nitrogens with one attached hydrogen (secondary N) is 1. The summed E-state index contributed by atoms with van der Waals surface area (Å²) in [5, 5.41) is 14.0. The van der Waals surface area contributed by atoms with Gasteiger partial charge in [0, 0.05) is 29.6 Å². The third-order valence-corrected chi connectivity index (χ3v) is 7.33. The molecule has 1 N–H and O–H groups in total. The minimum absolute atomic E-state index is 0.0512. The van der Waals surface area contributed by atoms with E-state index in [2.05, 4.69) is 110 Å². The number of aromatic amines is 1. The fourth-order valence-electron chi connectivity index (χ4n) is 4.84. The van der Waals surface area contributed by atoms with E-state index in [9.17, 15) is 4.79 Å². The maximum Gasteiger partial charge on any atom is 0.252 e. The van der Waals surface area contributed by atoms with Gasteiger partial charge in [0.05, 0.1) is 11.6 Å². The molecule has 0 amide bonds. The van der Waals surface area contributed by atoms with Gasteiger partial charge in [-0.3, -0.25) is 9.69 Å². The smallest absolute Gasteiger partial charge is 0.252 e. The number of rotatable bonds is 9. The maximum atomic E-state index is 13.2. The lowest BCUT2D eigenvalue weighted by atomic mass is 10.0. The lowest BCUT2D eigenvalue weighted by Gasteiger charge is -2.33. The second-order valence-corrected chi connectivity index (χ2v) is 10.6. The van der Waals surface area contributed by atoms with E-state index in [1.165, 1.54) is 11.1 Å². The lowest BCUT2D eigenvalue weighted by Crippen LogP contribution is -2.36. The molecule has 0 saturated carbocycles. The van der Waals surface area contributed by atoms with Crippen molar-refractivity contribution < 1.29 is 0 Å². The zero-order valence-electron chi connectivity index (χ0n) is 22.6. The van der Waals surface area contributed by atoms with Crippen LogP contribution in [-0.4, -0.2) is 30.1 Å².